The van der Waals surface area contributed by atoms with Crippen LogP contribution in [0, 0.1) is 0 Å². The molecule has 2 rings (SSSR count). The fraction of sp³-hybridized carbons (Fsp3) is 0.409. The van der Waals surface area contributed by atoms with Crippen molar-refractivity contribution in [3.63, 3.8) is 0 Å². The van der Waals surface area contributed by atoms with Gasteiger partial charge in [-0.15, -0.1) is 0 Å². The molecule has 0 spiro atoms. The molecule has 0 aliphatic heterocycles. The summed E-state index contributed by atoms with van der Waals surface area (Å²) >= 11 is 4.00. The summed E-state index contributed by atoms with van der Waals surface area (Å²) in [5.41, 5.74) is 18.0. The van der Waals surface area contributed by atoms with Crippen molar-refractivity contribution < 1.29 is 24.3 Å². The smallest absolute Gasteiger partial charge is 0.322 e. The summed E-state index contributed by atoms with van der Waals surface area (Å²) in [6.07, 6.45) is 2.30. The van der Waals surface area contributed by atoms with Crippen LogP contribution in [0.3, 0.4) is 0 Å². The lowest BCUT2D eigenvalue weighted by Crippen LogP contribution is -2.56. The maximum atomic E-state index is 13.2. The van der Waals surface area contributed by atoms with E-state index in [1.807, 2.05) is 24.3 Å². The summed E-state index contributed by atoms with van der Waals surface area (Å²) in [5, 5.41) is 17.3. The third-order valence-corrected chi connectivity index (χ3v) is 5.65. The quantitative estimate of drug-likeness (QED) is 0.0595. The van der Waals surface area contributed by atoms with Gasteiger partial charge >= 0.3 is 5.97 Å². The molecular formula is C22H32N8O5S. The van der Waals surface area contributed by atoms with E-state index in [9.17, 15) is 19.2 Å². The van der Waals surface area contributed by atoms with Gasteiger partial charge in [-0.25, -0.2) is 0 Å². The zero-order chi connectivity index (χ0) is 26.7. The standard InChI is InChI=1S/C22H32N8O5S/c23-14(11-36)19(33)29-16(6-3-7-26-22(24)25)21(35)30-17(20(34)28-10-18(31)32)8-12-9-27-15-5-2-1-4-13(12)15/h1-2,4-5,9,14,16-17,27,36H,3,6-8,10-11,23H2,(H,28,34)(H,29,33)(H,30,35)(H,31,32)(H4,24,25,26). The number of nitrogens with one attached hydrogen (secondary N) is 4. The van der Waals surface area contributed by atoms with E-state index in [1.54, 1.807) is 6.20 Å². The van der Waals surface area contributed by atoms with Gasteiger partial charge in [0.15, 0.2) is 5.96 Å². The molecule has 36 heavy (non-hydrogen) atoms. The number of benzene rings is 1. The molecule has 0 bridgehead atoms. The number of carbonyl (C=O) groups excluding carboxylic acids is 3. The van der Waals surface area contributed by atoms with Gasteiger partial charge in [0.1, 0.15) is 18.6 Å². The Hall–Kier alpha value is -3.78. The minimum absolute atomic E-state index is 0.0644. The van der Waals surface area contributed by atoms with Crippen LogP contribution in [0.25, 0.3) is 10.9 Å². The van der Waals surface area contributed by atoms with Crippen LogP contribution < -0.4 is 33.2 Å². The zero-order valence-corrected chi connectivity index (χ0v) is 20.5. The predicted octanol–water partition coefficient (Wildman–Crippen LogP) is -1.81. The molecule has 3 amide bonds. The molecule has 0 saturated carbocycles. The minimum Gasteiger partial charge on any atom is -0.480 e. The molecule has 0 aliphatic rings. The predicted molar refractivity (Wildman–Crippen MR) is 138 cm³/mol. The van der Waals surface area contributed by atoms with E-state index in [0.29, 0.717) is 6.42 Å². The minimum atomic E-state index is -1.23. The summed E-state index contributed by atoms with van der Waals surface area (Å²) in [7, 11) is 0. The summed E-state index contributed by atoms with van der Waals surface area (Å²) in [5.74, 6) is -3.19. The molecule has 14 heteroatoms. The van der Waals surface area contributed by atoms with Gasteiger partial charge in [-0.2, -0.15) is 12.6 Å². The van der Waals surface area contributed by atoms with E-state index in [0.717, 1.165) is 16.5 Å². The number of carboxylic acids is 1. The number of nitrogens with zero attached hydrogens (tertiary/aromatic N) is 1. The van der Waals surface area contributed by atoms with Crippen molar-refractivity contribution in [1.82, 2.24) is 20.9 Å². The number of nitrogens with two attached hydrogens (primary N) is 3. The number of aromatic amines is 1. The SMILES string of the molecule is NC(N)=NCCCC(NC(=O)C(N)CS)C(=O)NC(Cc1c[nH]c2ccccc12)C(=O)NCC(=O)O. The van der Waals surface area contributed by atoms with Crippen molar-refractivity contribution in [2.45, 2.75) is 37.4 Å². The highest BCUT2D eigenvalue weighted by molar-refractivity contribution is 7.80. The van der Waals surface area contributed by atoms with E-state index < -0.39 is 48.4 Å². The molecule has 0 radical (unpaired) electrons. The van der Waals surface area contributed by atoms with Gasteiger partial charge in [-0.1, -0.05) is 18.2 Å². The fourth-order valence-corrected chi connectivity index (χ4v) is 3.59. The molecule has 11 N–H and O–H groups in total. The highest BCUT2D eigenvalue weighted by atomic mass is 32.1. The van der Waals surface area contributed by atoms with Gasteiger partial charge in [0, 0.05) is 35.8 Å². The van der Waals surface area contributed by atoms with Crippen molar-refractivity contribution in [3.05, 3.63) is 36.0 Å². The Kier molecular flexibility index (Phi) is 11.0. The molecule has 1 aromatic carbocycles. The van der Waals surface area contributed by atoms with Crippen LogP contribution in [0.5, 0.6) is 0 Å². The van der Waals surface area contributed by atoms with Crippen LogP contribution in [-0.4, -0.2) is 76.7 Å². The first kappa shape index (κ1) is 28.5. The zero-order valence-electron chi connectivity index (χ0n) is 19.6. The monoisotopic (exact) mass is 520 g/mol. The topological polar surface area (TPSA) is 231 Å². The van der Waals surface area contributed by atoms with Gasteiger partial charge in [0.2, 0.25) is 17.7 Å². The molecular weight excluding hydrogens is 488 g/mol. The number of carbonyl (C=O) groups is 4. The molecule has 3 unspecified atom stereocenters. The number of aliphatic imine (C=N–C) groups is 1. The van der Waals surface area contributed by atoms with Crippen LogP contribution >= 0.6 is 12.6 Å². The number of rotatable bonds is 14. The first-order valence-corrected chi connectivity index (χ1v) is 11.8. The number of carboxylic acid groups (broad SMARTS) is 1. The average molecular weight is 521 g/mol. The molecule has 13 nitrogen and oxygen atoms in total. The first-order chi connectivity index (χ1) is 17.1. The van der Waals surface area contributed by atoms with Crippen LogP contribution in [-0.2, 0) is 25.6 Å². The highest BCUT2D eigenvalue weighted by Crippen LogP contribution is 2.19. The van der Waals surface area contributed by atoms with Crippen molar-refractivity contribution in [2.24, 2.45) is 22.2 Å². The Morgan fingerprint density at radius 1 is 1.06 bits per heavy atom. The molecule has 3 atom stereocenters. The summed E-state index contributed by atoms with van der Waals surface area (Å²) in [6.45, 7) is -0.396. The number of aromatic nitrogens is 1. The van der Waals surface area contributed by atoms with Crippen LogP contribution in [0.2, 0.25) is 0 Å². The van der Waals surface area contributed by atoms with Crippen molar-refractivity contribution in [1.29, 1.82) is 0 Å². The Bertz CT molecular complexity index is 1100. The number of para-hydroxylation sites is 1. The van der Waals surface area contributed by atoms with E-state index in [1.165, 1.54) is 0 Å². The number of hydrogen-bond acceptors (Lipinski definition) is 7. The number of hydrogen-bond donors (Lipinski definition) is 9. The number of aliphatic carboxylic acids is 1. The van der Waals surface area contributed by atoms with E-state index in [2.05, 4.69) is 38.6 Å². The first-order valence-electron chi connectivity index (χ1n) is 11.2. The van der Waals surface area contributed by atoms with Crippen molar-refractivity contribution in [2.75, 3.05) is 18.8 Å². The van der Waals surface area contributed by atoms with E-state index in [-0.39, 0.29) is 31.1 Å². The third kappa shape index (κ3) is 8.78. The van der Waals surface area contributed by atoms with Gasteiger partial charge in [0.05, 0.1) is 6.04 Å². The summed E-state index contributed by atoms with van der Waals surface area (Å²) < 4.78 is 0. The maximum absolute atomic E-state index is 13.2. The fourth-order valence-electron chi connectivity index (χ4n) is 3.42. The highest BCUT2D eigenvalue weighted by Gasteiger charge is 2.28. The lowest BCUT2D eigenvalue weighted by Gasteiger charge is -2.24. The third-order valence-electron chi connectivity index (χ3n) is 5.26. The normalized spacial score (nSPS) is 13.3. The number of H-pyrrole nitrogens is 1. The van der Waals surface area contributed by atoms with Crippen LogP contribution in [0.4, 0.5) is 0 Å². The number of thiol groups is 1. The Balaban J connectivity index is 2.23. The van der Waals surface area contributed by atoms with Gasteiger partial charge in [-0.3, -0.25) is 24.2 Å². The second kappa shape index (κ2) is 13.9. The van der Waals surface area contributed by atoms with E-state index >= 15 is 0 Å². The molecule has 1 aromatic heterocycles. The average Bonchev–Trinajstić information content (AvgIpc) is 3.25. The van der Waals surface area contributed by atoms with Crippen LogP contribution in [0.15, 0.2) is 35.5 Å². The summed E-state index contributed by atoms with van der Waals surface area (Å²) in [6, 6.07) is 4.31. The Morgan fingerprint density at radius 3 is 2.42 bits per heavy atom. The number of guanidine groups is 1. The Morgan fingerprint density at radius 2 is 1.75 bits per heavy atom. The number of amides is 3. The molecule has 0 fully saturated rings. The van der Waals surface area contributed by atoms with Gasteiger partial charge in [0.25, 0.3) is 0 Å². The van der Waals surface area contributed by atoms with Crippen molar-refractivity contribution >= 4 is 53.2 Å². The molecule has 2 aromatic rings. The molecule has 196 valence electrons. The van der Waals surface area contributed by atoms with E-state index in [4.69, 9.17) is 22.3 Å². The second-order valence-corrected chi connectivity index (χ2v) is 8.40. The largest absolute Gasteiger partial charge is 0.480 e. The molecule has 1 heterocycles. The van der Waals surface area contributed by atoms with Gasteiger partial charge in [-0.05, 0) is 24.5 Å². The lowest BCUT2D eigenvalue weighted by atomic mass is 10.0. The summed E-state index contributed by atoms with van der Waals surface area (Å²) in [4.78, 5) is 56.3. The second-order valence-electron chi connectivity index (χ2n) is 8.04. The van der Waals surface area contributed by atoms with Crippen LogP contribution in [0.1, 0.15) is 18.4 Å². The van der Waals surface area contributed by atoms with Crippen molar-refractivity contribution in [3.8, 4) is 0 Å². The number of fused-ring (bicyclic) bond motifs is 1. The van der Waals surface area contributed by atoms with Gasteiger partial charge < -0.3 is 43.2 Å². The maximum Gasteiger partial charge on any atom is 0.322 e. The lowest BCUT2D eigenvalue weighted by molar-refractivity contribution is -0.138. The molecule has 0 saturated heterocycles. The molecule has 0 aliphatic carbocycles. The Labute approximate surface area is 213 Å².